The summed E-state index contributed by atoms with van der Waals surface area (Å²) in [7, 11) is 3.12. The third-order valence-electron chi connectivity index (χ3n) is 5.89. The fourth-order valence-corrected chi connectivity index (χ4v) is 4.76. The first-order valence-electron chi connectivity index (χ1n) is 12.1. The lowest BCUT2D eigenvalue weighted by Crippen LogP contribution is -2.33. The molecule has 1 heterocycles. The Labute approximate surface area is 234 Å². The van der Waals surface area contributed by atoms with Crippen molar-refractivity contribution in [3.8, 4) is 5.75 Å². The number of hydrogen-bond donors (Lipinski definition) is 2. The van der Waals surface area contributed by atoms with Gasteiger partial charge in [-0.3, -0.25) is 29.4 Å². The van der Waals surface area contributed by atoms with Crippen LogP contribution in [0.1, 0.15) is 16.8 Å². The Kier molecular flexibility index (Phi) is 9.15. The Morgan fingerprint density at radius 2 is 1.57 bits per heavy atom. The molecule has 206 valence electrons. The number of nitro benzene ring substituents is 1. The summed E-state index contributed by atoms with van der Waals surface area (Å²) in [5.41, 5.74) is 1.46. The van der Waals surface area contributed by atoms with Gasteiger partial charge in [0.15, 0.2) is 0 Å². The van der Waals surface area contributed by atoms with E-state index in [2.05, 4.69) is 10.6 Å². The van der Waals surface area contributed by atoms with Crippen LogP contribution in [-0.4, -0.2) is 54.9 Å². The summed E-state index contributed by atoms with van der Waals surface area (Å²) in [6.07, 6.45) is 0.505. The number of benzene rings is 3. The minimum Gasteiger partial charge on any atom is -0.497 e. The van der Waals surface area contributed by atoms with E-state index in [9.17, 15) is 24.5 Å². The number of thioether (sulfide) groups is 1. The van der Waals surface area contributed by atoms with Gasteiger partial charge in [0.1, 0.15) is 16.4 Å². The quantitative estimate of drug-likeness (QED) is 0.139. The fourth-order valence-electron chi connectivity index (χ4n) is 3.81. The van der Waals surface area contributed by atoms with Crippen molar-refractivity contribution in [3.05, 3.63) is 99.1 Å². The highest BCUT2D eigenvalue weighted by molar-refractivity contribution is 8.04. The number of hydrogen-bond acceptors (Lipinski definition) is 9. The van der Waals surface area contributed by atoms with Gasteiger partial charge in [-0.1, -0.05) is 11.8 Å². The van der Waals surface area contributed by atoms with Gasteiger partial charge in [-0.25, -0.2) is 0 Å². The molecule has 0 fully saturated rings. The fraction of sp³-hybridized carbons (Fsp3) is 0.179. The maximum Gasteiger partial charge on any atom is 0.278 e. The maximum absolute atomic E-state index is 13.3. The first kappa shape index (κ1) is 28.3. The Morgan fingerprint density at radius 1 is 0.925 bits per heavy atom. The van der Waals surface area contributed by atoms with Crippen LogP contribution in [0, 0.1) is 10.1 Å². The Balaban J connectivity index is 1.51. The van der Waals surface area contributed by atoms with Crippen molar-refractivity contribution in [1.82, 2.24) is 4.90 Å². The van der Waals surface area contributed by atoms with Gasteiger partial charge in [0, 0.05) is 54.2 Å². The predicted octanol–water partition coefficient (Wildman–Crippen LogP) is 4.68. The summed E-state index contributed by atoms with van der Waals surface area (Å²) in [6.45, 7) is 0.630. The van der Waals surface area contributed by atoms with E-state index >= 15 is 0 Å². The first-order valence-corrected chi connectivity index (χ1v) is 13.0. The molecule has 0 radical (unpaired) electrons. The van der Waals surface area contributed by atoms with Gasteiger partial charge in [0.05, 0.1) is 12.0 Å². The number of imide groups is 1. The van der Waals surface area contributed by atoms with Crippen molar-refractivity contribution in [2.24, 2.45) is 0 Å². The van der Waals surface area contributed by atoms with Crippen molar-refractivity contribution in [1.29, 1.82) is 0 Å². The number of ether oxygens (including phenoxy) is 2. The highest BCUT2D eigenvalue weighted by atomic mass is 32.2. The number of methoxy groups -OCH3 is 2. The van der Waals surface area contributed by atoms with Crippen LogP contribution in [-0.2, 0) is 14.3 Å². The lowest BCUT2D eigenvalue weighted by Gasteiger charge is -2.14. The first-order chi connectivity index (χ1) is 19.3. The minimum atomic E-state index is -0.535. The molecule has 1 aliphatic rings. The monoisotopic (exact) mass is 562 g/mol. The summed E-state index contributed by atoms with van der Waals surface area (Å²) in [6, 6.07) is 19.1. The van der Waals surface area contributed by atoms with Gasteiger partial charge in [-0.15, -0.1) is 0 Å². The molecule has 3 aromatic carbocycles. The van der Waals surface area contributed by atoms with E-state index in [1.54, 1.807) is 62.8 Å². The zero-order valence-electron chi connectivity index (χ0n) is 21.7. The number of nitrogens with one attached hydrogen (secondary N) is 2. The standard InChI is InChI=1S/C28H26N4O7S/c1-38-17-3-16-31-27(34)24(29-19-6-12-22(39-2)13-7-19)25(28(31)35)40-23-14-8-20(9-15-23)30-26(33)18-4-10-21(11-5-18)32(36)37/h4-15,29H,3,16-17H2,1-2H3,(H,30,33). The van der Waals surface area contributed by atoms with E-state index in [1.807, 2.05) is 0 Å². The molecular weight excluding hydrogens is 536 g/mol. The maximum atomic E-state index is 13.3. The van der Waals surface area contributed by atoms with Crippen molar-refractivity contribution in [2.75, 3.05) is 38.0 Å². The smallest absolute Gasteiger partial charge is 0.278 e. The number of nitro groups is 1. The summed E-state index contributed by atoms with van der Waals surface area (Å²) < 4.78 is 10.3. The molecule has 0 spiro atoms. The van der Waals surface area contributed by atoms with Crippen molar-refractivity contribution < 1.29 is 28.8 Å². The van der Waals surface area contributed by atoms with Gasteiger partial charge >= 0.3 is 0 Å². The number of nitrogens with zero attached hydrogens (tertiary/aromatic N) is 2. The van der Waals surface area contributed by atoms with E-state index in [4.69, 9.17) is 9.47 Å². The Morgan fingerprint density at radius 3 is 2.17 bits per heavy atom. The molecule has 0 saturated heterocycles. The van der Waals surface area contributed by atoms with E-state index in [1.165, 1.54) is 29.2 Å². The molecule has 11 nitrogen and oxygen atoms in total. The molecule has 3 amide bonds. The van der Waals surface area contributed by atoms with E-state index in [-0.39, 0.29) is 28.4 Å². The van der Waals surface area contributed by atoms with Crippen LogP contribution in [0.15, 0.2) is 88.3 Å². The molecule has 40 heavy (non-hydrogen) atoms. The predicted molar refractivity (Wildman–Crippen MR) is 150 cm³/mol. The summed E-state index contributed by atoms with van der Waals surface area (Å²) in [4.78, 5) is 51.5. The van der Waals surface area contributed by atoms with Crippen LogP contribution in [0.3, 0.4) is 0 Å². The van der Waals surface area contributed by atoms with Gasteiger partial charge in [-0.05, 0) is 67.1 Å². The number of anilines is 2. The topological polar surface area (TPSA) is 140 Å². The molecule has 0 aromatic heterocycles. The second-order valence-corrected chi connectivity index (χ2v) is 9.63. The van der Waals surface area contributed by atoms with Crippen LogP contribution >= 0.6 is 11.8 Å². The van der Waals surface area contributed by atoms with E-state index in [0.29, 0.717) is 35.0 Å². The van der Waals surface area contributed by atoms with Crippen molar-refractivity contribution >= 4 is 46.5 Å². The highest BCUT2D eigenvalue weighted by Gasteiger charge is 2.38. The Hall–Kier alpha value is -4.68. The molecule has 0 atom stereocenters. The number of carbonyl (C=O) groups excluding carboxylic acids is 3. The van der Waals surface area contributed by atoms with Crippen LogP contribution in [0.4, 0.5) is 17.1 Å². The molecule has 1 aliphatic heterocycles. The molecule has 0 saturated carbocycles. The largest absolute Gasteiger partial charge is 0.497 e. The molecule has 0 aliphatic carbocycles. The Bertz CT molecular complexity index is 1440. The number of non-ortho nitro benzene ring substituents is 1. The molecule has 3 aromatic rings. The third-order valence-corrected chi connectivity index (χ3v) is 6.98. The molecule has 0 unspecified atom stereocenters. The van der Waals surface area contributed by atoms with E-state index in [0.717, 1.165) is 11.8 Å². The summed E-state index contributed by atoms with van der Waals surface area (Å²) in [5, 5.41) is 16.7. The van der Waals surface area contributed by atoms with Crippen molar-refractivity contribution in [2.45, 2.75) is 11.3 Å². The molecule has 12 heteroatoms. The zero-order valence-corrected chi connectivity index (χ0v) is 22.5. The lowest BCUT2D eigenvalue weighted by molar-refractivity contribution is -0.384. The second kappa shape index (κ2) is 12.9. The van der Waals surface area contributed by atoms with Crippen LogP contribution in [0.2, 0.25) is 0 Å². The average molecular weight is 563 g/mol. The number of rotatable bonds is 12. The molecule has 4 rings (SSSR count). The van der Waals surface area contributed by atoms with E-state index < -0.39 is 22.6 Å². The average Bonchev–Trinajstić information content (AvgIpc) is 3.18. The molecule has 0 bridgehead atoms. The molecular formula is C28H26N4O7S. The minimum absolute atomic E-state index is 0.106. The van der Waals surface area contributed by atoms with Gasteiger partial charge < -0.3 is 20.1 Å². The SMILES string of the molecule is COCCCN1C(=O)C(Nc2ccc(OC)cc2)=C(Sc2ccc(NC(=O)c3ccc([N+](=O)[O-])cc3)cc2)C1=O. The van der Waals surface area contributed by atoms with Crippen LogP contribution in [0.25, 0.3) is 0 Å². The molecule has 2 N–H and O–H groups in total. The van der Waals surface area contributed by atoms with Crippen LogP contribution in [0.5, 0.6) is 5.75 Å². The van der Waals surface area contributed by atoms with Crippen molar-refractivity contribution in [3.63, 3.8) is 0 Å². The van der Waals surface area contributed by atoms with Gasteiger partial charge in [0.2, 0.25) is 0 Å². The summed E-state index contributed by atoms with van der Waals surface area (Å²) >= 11 is 1.14. The lowest BCUT2D eigenvalue weighted by atomic mass is 10.2. The van der Waals surface area contributed by atoms with Gasteiger partial charge in [-0.2, -0.15) is 0 Å². The normalized spacial score (nSPS) is 13.0. The zero-order chi connectivity index (χ0) is 28.6. The third kappa shape index (κ3) is 6.65. The number of amides is 3. The van der Waals surface area contributed by atoms with Gasteiger partial charge in [0.25, 0.3) is 23.4 Å². The highest BCUT2D eigenvalue weighted by Crippen LogP contribution is 2.36. The number of carbonyl (C=O) groups is 3. The summed E-state index contributed by atoms with van der Waals surface area (Å²) in [5.74, 6) is -0.596. The second-order valence-electron chi connectivity index (χ2n) is 8.55. The van der Waals surface area contributed by atoms with Crippen LogP contribution < -0.4 is 15.4 Å².